The molecule has 0 aliphatic heterocycles. The largest absolute Gasteiger partial charge is 0.481 e. The molecule has 2 aromatic carbocycles. The van der Waals surface area contributed by atoms with Crippen molar-refractivity contribution < 1.29 is 9.53 Å². The standard InChI is InChI=1S/C19H21Cl2NO2/c1-12(18(23)22-17-10-7-14(20)11-16(17)21)24-15-8-5-13(6-9-15)19(2,3)4/h5-12H,1-4H3,(H,22,23). The highest BCUT2D eigenvalue weighted by Gasteiger charge is 2.17. The van der Waals surface area contributed by atoms with Crippen molar-refractivity contribution in [2.75, 3.05) is 5.32 Å². The van der Waals surface area contributed by atoms with E-state index in [0.717, 1.165) is 0 Å². The van der Waals surface area contributed by atoms with E-state index in [-0.39, 0.29) is 11.3 Å². The molecule has 3 nitrogen and oxygen atoms in total. The number of benzene rings is 2. The summed E-state index contributed by atoms with van der Waals surface area (Å²) < 4.78 is 5.70. The van der Waals surface area contributed by atoms with E-state index in [2.05, 4.69) is 26.1 Å². The van der Waals surface area contributed by atoms with Gasteiger partial charge in [0.1, 0.15) is 5.75 Å². The zero-order valence-electron chi connectivity index (χ0n) is 14.2. The molecule has 0 aromatic heterocycles. The average Bonchev–Trinajstić information content (AvgIpc) is 2.49. The van der Waals surface area contributed by atoms with Gasteiger partial charge in [0.25, 0.3) is 5.91 Å². The summed E-state index contributed by atoms with van der Waals surface area (Å²) in [6, 6.07) is 12.7. The van der Waals surface area contributed by atoms with Gasteiger partial charge in [-0.15, -0.1) is 0 Å². The molecule has 0 saturated heterocycles. The SMILES string of the molecule is CC(Oc1ccc(C(C)(C)C)cc1)C(=O)Nc1ccc(Cl)cc1Cl. The molecule has 0 heterocycles. The predicted molar refractivity (Wildman–Crippen MR) is 100 cm³/mol. The van der Waals surface area contributed by atoms with Crippen LogP contribution in [0.4, 0.5) is 5.69 Å². The van der Waals surface area contributed by atoms with Crippen LogP contribution in [0, 0.1) is 0 Å². The van der Waals surface area contributed by atoms with Gasteiger partial charge in [-0.3, -0.25) is 4.79 Å². The Hall–Kier alpha value is -1.71. The summed E-state index contributed by atoms with van der Waals surface area (Å²) in [5.41, 5.74) is 1.79. The molecule has 0 bridgehead atoms. The fraction of sp³-hybridized carbons (Fsp3) is 0.316. The highest BCUT2D eigenvalue weighted by atomic mass is 35.5. The maximum absolute atomic E-state index is 12.3. The first-order valence-electron chi connectivity index (χ1n) is 7.70. The third kappa shape index (κ3) is 4.89. The zero-order chi connectivity index (χ0) is 17.9. The Morgan fingerprint density at radius 1 is 1.08 bits per heavy atom. The van der Waals surface area contributed by atoms with Gasteiger partial charge in [-0.1, -0.05) is 56.1 Å². The number of hydrogen-bond donors (Lipinski definition) is 1. The molecular formula is C19H21Cl2NO2. The molecule has 128 valence electrons. The number of amides is 1. The maximum Gasteiger partial charge on any atom is 0.265 e. The molecule has 1 unspecified atom stereocenters. The number of halogens is 2. The molecule has 0 aliphatic rings. The minimum absolute atomic E-state index is 0.0762. The van der Waals surface area contributed by atoms with E-state index in [1.54, 1.807) is 25.1 Å². The van der Waals surface area contributed by atoms with E-state index >= 15 is 0 Å². The van der Waals surface area contributed by atoms with Crippen LogP contribution in [0.25, 0.3) is 0 Å². The van der Waals surface area contributed by atoms with Crippen LogP contribution in [0.1, 0.15) is 33.3 Å². The first-order valence-corrected chi connectivity index (χ1v) is 8.45. The van der Waals surface area contributed by atoms with Crippen LogP contribution in [-0.2, 0) is 10.2 Å². The van der Waals surface area contributed by atoms with Crippen molar-refractivity contribution in [3.8, 4) is 5.75 Å². The predicted octanol–water partition coefficient (Wildman–Crippen LogP) is 5.70. The van der Waals surface area contributed by atoms with Crippen molar-refractivity contribution in [2.24, 2.45) is 0 Å². The fourth-order valence-electron chi connectivity index (χ4n) is 2.12. The van der Waals surface area contributed by atoms with Crippen LogP contribution in [0.3, 0.4) is 0 Å². The highest BCUT2D eigenvalue weighted by Crippen LogP contribution is 2.26. The van der Waals surface area contributed by atoms with Crippen molar-refractivity contribution in [1.29, 1.82) is 0 Å². The Morgan fingerprint density at radius 3 is 2.25 bits per heavy atom. The molecule has 0 aliphatic carbocycles. The number of ether oxygens (including phenoxy) is 1. The van der Waals surface area contributed by atoms with Gasteiger partial charge in [0.05, 0.1) is 10.7 Å². The van der Waals surface area contributed by atoms with Crippen LogP contribution in [0.5, 0.6) is 5.75 Å². The van der Waals surface area contributed by atoms with Crippen molar-refractivity contribution in [2.45, 2.75) is 39.2 Å². The number of anilines is 1. The molecule has 1 amide bonds. The summed E-state index contributed by atoms with van der Waals surface area (Å²) in [6.45, 7) is 8.13. The normalized spacial score (nSPS) is 12.6. The minimum Gasteiger partial charge on any atom is -0.481 e. The van der Waals surface area contributed by atoms with Crippen LogP contribution in [0.15, 0.2) is 42.5 Å². The second-order valence-electron chi connectivity index (χ2n) is 6.65. The zero-order valence-corrected chi connectivity index (χ0v) is 15.7. The van der Waals surface area contributed by atoms with E-state index in [9.17, 15) is 4.79 Å². The molecule has 0 fully saturated rings. The summed E-state index contributed by atoms with van der Waals surface area (Å²) in [7, 11) is 0. The van der Waals surface area contributed by atoms with Gasteiger partial charge in [0, 0.05) is 5.02 Å². The third-order valence-electron chi connectivity index (χ3n) is 3.59. The van der Waals surface area contributed by atoms with Gasteiger partial charge in [-0.25, -0.2) is 0 Å². The van der Waals surface area contributed by atoms with Crippen LogP contribution >= 0.6 is 23.2 Å². The summed E-state index contributed by atoms with van der Waals surface area (Å²) in [5, 5.41) is 3.64. The van der Waals surface area contributed by atoms with Crippen LogP contribution in [-0.4, -0.2) is 12.0 Å². The van der Waals surface area contributed by atoms with Gasteiger partial charge in [-0.2, -0.15) is 0 Å². The van der Waals surface area contributed by atoms with Crippen molar-refractivity contribution in [3.63, 3.8) is 0 Å². The summed E-state index contributed by atoms with van der Waals surface area (Å²) >= 11 is 11.9. The molecule has 1 atom stereocenters. The van der Waals surface area contributed by atoms with E-state index in [4.69, 9.17) is 27.9 Å². The van der Waals surface area contributed by atoms with Gasteiger partial charge in [0.2, 0.25) is 0 Å². The molecule has 24 heavy (non-hydrogen) atoms. The van der Waals surface area contributed by atoms with Crippen LogP contribution < -0.4 is 10.1 Å². The average molecular weight is 366 g/mol. The monoisotopic (exact) mass is 365 g/mol. The lowest BCUT2D eigenvalue weighted by atomic mass is 9.87. The lowest BCUT2D eigenvalue weighted by Gasteiger charge is -2.20. The first kappa shape index (κ1) is 18.6. The fourth-order valence-corrected chi connectivity index (χ4v) is 2.57. The van der Waals surface area contributed by atoms with Gasteiger partial charge >= 0.3 is 0 Å². The number of hydrogen-bond acceptors (Lipinski definition) is 2. The number of carbonyl (C=O) groups excluding carboxylic acids is 1. The molecule has 0 spiro atoms. The first-order chi connectivity index (χ1) is 11.2. The number of carbonyl (C=O) groups is 1. The van der Waals surface area contributed by atoms with E-state index in [1.165, 1.54) is 5.56 Å². The molecule has 1 N–H and O–H groups in total. The smallest absolute Gasteiger partial charge is 0.265 e. The van der Waals surface area contributed by atoms with E-state index < -0.39 is 6.10 Å². The summed E-state index contributed by atoms with van der Waals surface area (Å²) in [6.07, 6.45) is -0.655. The van der Waals surface area contributed by atoms with Gasteiger partial charge in [-0.05, 0) is 48.2 Å². The quantitative estimate of drug-likeness (QED) is 0.754. The Kier molecular flexibility index (Phi) is 5.79. The second kappa shape index (κ2) is 7.45. The number of rotatable bonds is 4. The molecule has 0 saturated carbocycles. The Morgan fingerprint density at radius 2 is 1.71 bits per heavy atom. The van der Waals surface area contributed by atoms with Crippen molar-refractivity contribution in [1.82, 2.24) is 0 Å². The second-order valence-corrected chi connectivity index (χ2v) is 7.49. The lowest BCUT2D eigenvalue weighted by molar-refractivity contribution is -0.122. The minimum atomic E-state index is -0.655. The van der Waals surface area contributed by atoms with E-state index in [1.807, 2.05) is 24.3 Å². The lowest BCUT2D eigenvalue weighted by Crippen LogP contribution is -2.30. The summed E-state index contributed by atoms with van der Waals surface area (Å²) in [4.78, 5) is 12.3. The molecule has 5 heteroatoms. The van der Waals surface area contributed by atoms with E-state index in [0.29, 0.717) is 21.5 Å². The molecule has 0 radical (unpaired) electrons. The Balaban J connectivity index is 2.01. The molecule has 2 rings (SSSR count). The summed E-state index contributed by atoms with van der Waals surface area (Å²) in [5.74, 6) is 0.368. The van der Waals surface area contributed by atoms with Crippen LogP contribution in [0.2, 0.25) is 10.0 Å². The highest BCUT2D eigenvalue weighted by molar-refractivity contribution is 6.36. The van der Waals surface area contributed by atoms with Crippen molar-refractivity contribution >= 4 is 34.8 Å². The topological polar surface area (TPSA) is 38.3 Å². The number of nitrogens with one attached hydrogen (secondary N) is 1. The van der Waals surface area contributed by atoms with Gasteiger partial charge in [0.15, 0.2) is 6.10 Å². The Labute approximate surface area is 152 Å². The van der Waals surface area contributed by atoms with Crippen molar-refractivity contribution in [3.05, 3.63) is 58.1 Å². The van der Waals surface area contributed by atoms with Gasteiger partial charge < -0.3 is 10.1 Å². The third-order valence-corrected chi connectivity index (χ3v) is 4.14. The Bertz CT molecular complexity index is 721. The molecule has 2 aromatic rings. The molecular weight excluding hydrogens is 345 g/mol. The maximum atomic E-state index is 12.3.